The fourth-order valence-electron chi connectivity index (χ4n) is 0.0861. The molecule has 0 saturated heterocycles. The van der Waals surface area contributed by atoms with Crippen molar-refractivity contribution in [2.75, 3.05) is 0 Å². The monoisotopic (exact) mass is 724 g/mol. The van der Waals surface area contributed by atoms with Crippen LogP contribution in [0.2, 0.25) is 0 Å². The molecule has 13 heavy (non-hydrogen) atoms. The van der Waals surface area contributed by atoms with Gasteiger partial charge in [-0.3, -0.25) is 0 Å². The van der Waals surface area contributed by atoms with Gasteiger partial charge in [0.15, 0.2) is 0 Å². The van der Waals surface area contributed by atoms with E-state index < -0.39 is 0 Å². The molecule has 0 aromatic carbocycles. The first-order valence-electron chi connectivity index (χ1n) is 2.28. The Morgan fingerprint density at radius 3 is 1.08 bits per heavy atom. The third kappa shape index (κ3) is 49.1. The summed E-state index contributed by atoms with van der Waals surface area (Å²) < 4.78 is 18.8. The van der Waals surface area contributed by atoms with Gasteiger partial charge in [0.05, 0.1) is 0 Å². The molecule has 0 aromatic heterocycles. The third-order valence-electron chi connectivity index (χ3n) is 0.321. The largest absolute Gasteiger partial charge is 4.00 e. The van der Waals surface area contributed by atoms with Crippen molar-refractivity contribution in [3.05, 3.63) is 16.1 Å². The van der Waals surface area contributed by atoms with Crippen LogP contribution < -0.4 is 24.8 Å². The van der Waals surface area contributed by atoms with Crippen LogP contribution in [0.5, 0.6) is 0 Å². The quantitative estimate of drug-likeness (QED) is 0.196. The zero-order valence-corrected chi connectivity index (χ0v) is 21.4. The van der Waals surface area contributed by atoms with Gasteiger partial charge in [-0.15, -0.1) is 0 Å². The molecule has 0 spiro atoms. The molecule has 0 fully saturated rings. The molecule has 0 nitrogen and oxygen atoms in total. The van der Waals surface area contributed by atoms with E-state index in [1.54, 1.807) is 0 Å². The van der Waals surface area contributed by atoms with E-state index in [0.717, 1.165) is 0 Å². The van der Waals surface area contributed by atoms with Crippen LogP contribution in [0.25, 0.3) is 0 Å². The molecule has 0 N–H and O–H groups in total. The molecule has 7 heteroatoms. The van der Waals surface area contributed by atoms with E-state index in [1.165, 1.54) is 46.0 Å². The van der Waals surface area contributed by atoms with Crippen LogP contribution in [-0.4, -0.2) is 97.2 Å². The number of rotatable bonds is 2. The Morgan fingerprint density at radius 1 is 0.846 bits per heavy atom. The van der Waals surface area contributed by atoms with E-state index in [0.29, 0.717) is 0 Å². The molecule has 70 valence electrons. The Bertz CT molecular complexity index is 123. The molecule has 2 radical (unpaired) electrons. The molecule has 0 rings (SSSR count). The van der Waals surface area contributed by atoms with Gasteiger partial charge in [0.25, 0.3) is 0 Å². The standard InChI is InChI=1S/2C2H2.2CH.2ClH.4Sb.Zr.2H/c2*1-2;;;;;;;;;;;/h2*1-2H;4*1H;;;;;;;/q;;2*-1;;;;;;;+4;;/p-2. The Hall–Kier alpha value is 3.96. The maximum Gasteiger partial charge on any atom is 4.00 e. The minimum Gasteiger partial charge on any atom is -1.00 e. The van der Waals surface area contributed by atoms with Gasteiger partial charge in [0, 0.05) is 0 Å². The minimum absolute atomic E-state index is 0. The first-order valence-corrected chi connectivity index (χ1v) is 11.5. The van der Waals surface area contributed by atoms with Crippen LogP contribution in [0, 0.1) is 0 Å². The summed E-state index contributed by atoms with van der Waals surface area (Å²) in [7, 11) is 0. The molecule has 0 aliphatic carbocycles. The van der Waals surface area contributed by atoms with Crippen LogP contribution in [-0.2, 0) is 26.2 Å². The van der Waals surface area contributed by atoms with Crippen molar-refractivity contribution in [1.82, 2.24) is 0 Å². The Morgan fingerprint density at radius 2 is 1.08 bits per heavy atom. The fourth-order valence-corrected chi connectivity index (χ4v) is 3.87. The van der Waals surface area contributed by atoms with Crippen LogP contribution in [0.15, 0.2) is 16.1 Å². The van der Waals surface area contributed by atoms with E-state index in [4.69, 9.17) is 8.91 Å². The van der Waals surface area contributed by atoms with Crippen LogP contribution >= 0.6 is 0 Å². The number of hydrogen-bond donors (Lipinski definition) is 0. The number of halogens is 2. The van der Waals surface area contributed by atoms with Gasteiger partial charge < -0.3 is 24.8 Å². The van der Waals surface area contributed by atoms with Gasteiger partial charge in [-0.25, -0.2) is 0 Å². The molecular formula is C6H8Cl2Sb4Zr. The van der Waals surface area contributed by atoms with E-state index >= 15 is 0 Å². The summed E-state index contributed by atoms with van der Waals surface area (Å²) in [5.41, 5.74) is 0. The second-order valence-electron chi connectivity index (χ2n) is 0.930. The van der Waals surface area contributed by atoms with Crippen molar-refractivity contribution in [3.8, 4) is 0 Å². The average molecular weight is 729 g/mol. The van der Waals surface area contributed by atoms with E-state index in [1.807, 2.05) is 0 Å². The molecular weight excluding hydrogens is 721 g/mol. The maximum atomic E-state index is 5.22. The summed E-state index contributed by atoms with van der Waals surface area (Å²) in [4.78, 5) is 0. The predicted molar refractivity (Wildman–Crippen MR) is 56.2 cm³/mol. The van der Waals surface area contributed by atoms with Crippen LogP contribution in [0.4, 0.5) is 0 Å². The van der Waals surface area contributed by atoms with Gasteiger partial charge in [-0.1, -0.05) is 0 Å². The molecule has 0 aliphatic heterocycles. The normalized spacial score (nSPS) is 6.92. The molecule has 0 aliphatic rings. The molecule has 0 atom stereocenters. The second-order valence-corrected chi connectivity index (χ2v) is 6.24. The fraction of sp³-hybridized carbons (Fsp3) is 0. The second kappa shape index (κ2) is 36.0. The number of hydrogen-bond acceptors (Lipinski definition) is 0. The van der Waals surface area contributed by atoms with Crippen molar-refractivity contribution in [1.29, 1.82) is 0 Å². The van der Waals surface area contributed by atoms with Gasteiger partial charge in [0.2, 0.25) is 0 Å². The van der Waals surface area contributed by atoms with Gasteiger partial charge in [-0.05, 0) is 0 Å². The SMILES string of the molecule is [CH-]=[Sb][CH]=[CH][SbH].[CH-]=[Sb][CH]=[CH][SbH].[Cl-].[Cl-].[Zr+4]. The zero-order valence-electron chi connectivity index (χ0n) is 6.61. The first kappa shape index (κ1) is 30.2. The molecule has 0 heterocycles. The van der Waals surface area contributed by atoms with Crippen molar-refractivity contribution in [2.45, 2.75) is 0 Å². The summed E-state index contributed by atoms with van der Waals surface area (Å²) in [5.74, 6) is 0. The predicted octanol–water partition coefficient (Wildman–Crippen LogP) is -7.25. The van der Waals surface area contributed by atoms with E-state index in [2.05, 4.69) is 16.1 Å². The molecule has 0 bridgehead atoms. The van der Waals surface area contributed by atoms with Crippen LogP contribution in [0.3, 0.4) is 0 Å². The summed E-state index contributed by atoms with van der Waals surface area (Å²) in [5, 5.41) is 0. The molecule has 0 saturated carbocycles. The van der Waals surface area contributed by atoms with Gasteiger partial charge >= 0.3 is 140 Å². The van der Waals surface area contributed by atoms with Gasteiger partial charge in [0.1, 0.15) is 0 Å². The maximum absolute atomic E-state index is 5.22. The van der Waals surface area contributed by atoms with E-state index in [-0.39, 0.29) is 93.3 Å². The summed E-state index contributed by atoms with van der Waals surface area (Å²) in [6.07, 6.45) is 0. The molecule has 0 aromatic rings. The smallest absolute Gasteiger partial charge is 1.00 e. The summed E-state index contributed by atoms with van der Waals surface area (Å²) in [6, 6.07) is 0. The third-order valence-corrected chi connectivity index (χ3v) is 7.86. The Labute approximate surface area is 160 Å². The molecule has 0 amide bonds. The van der Waals surface area contributed by atoms with Crippen LogP contribution in [0.1, 0.15) is 0 Å². The Balaban J connectivity index is -0.0000000267. The Kier molecular flexibility index (Phi) is 83.6. The van der Waals surface area contributed by atoms with Crippen molar-refractivity contribution < 1.29 is 51.0 Å². The van der Waals surface area contributed by atoms with Crippen molar-refractivity contribution >= 4 is 97.2 Å². The zero-order chi connectivity index (χ0) is 8.24. The first-order chi connectivity index (χ1) is 4.83. The molecule has 0 unspecified atom stereocenters. The van der Waals surface area contributed by atoms with Gasteiger partial charge in [-0.2, -0.15) is 0 Å². The minimum atomic E-state index is -0.318. The van der Waals surface area contributed by atoms with E-state index in [9.17, 15) is 0 Å². The average Bonchev–Trinajstić information content (AvgIpc) is 1.93. The topological polar surface area (TPSA) is 0 Å². The van der Waals surface area contributed by atoms with Crippen molar-refractivity contribution in [3.63, 3.8) is 0 Å². The summed E-state index contributed by atoms with van der Waals surface area (Å²) in [6.45, 7) is 0. The summed E-state index contributed by atoms with van der Waals surface area (Å²) >= 11 is 2.29. The van der Waals surface area contributed by atoms with Crippen molar-refractivity contribution in [2.24, 2.45) is 0 Å².